The molecule has 0 bridgehead atoms. The summed E-state index contributed by atoms with van der Waals surface area (Å²) in [5, 5.41) is 0. The van der Waals surface area contributed by atoms with E-state index in [1.54, 1.807) is 0 Å². The van der Waals surface area contributed by atoms with Crippen molar-refractivity contribution in [1.29, 1.82) is 0 Å². The summed E-state index contributed by atoms with van der Waals surface area (Å²) in [6.45, 7) is 2.19. The van der Waals surface area contributed by atoms with Gasteiger partial charge < -0.3 is 14.2 Å². The molecule has 0 aliphatic heterocycles. The Kier molecular flexibility index (Phi) is 13.5. The second-order valence-electron chi connectivity index (χ2n) is 13.7. The van der Waals surface area contributed by atoms with E-state index in [0.717, 1.165) is 19.3 Å². The minimum atomic E-state index is -3.71. The zero-order valence-corrected chi connectivity index (χ0v) is 26.7. The second-order valence-corrected chi connectivity index (χ2v) is 13.7. The SMILES string of the molecule is CCCCCCCC1CCC(C(F)(F)OC2CCC(C3CCC(C(F)(F)Oc4cc(F)c(OC=C(F)F)c(F)c4)CC3)CC2)CC1. The van der Waals surface area contributed by atoms with Crippen molar-refractivity contribution in [2.75, 3.05) is 0 Å². The second kappa shape index (κ2) is 16.9. The molecule has 0 spiro atoms. The van der Waals surface area contributed by atoms with Crippen LogP contribution >= 0.6 is 0 Å². The van der Waals surface area contributed by atoms with Gasteiger partial charge in [-0.2, -0.15) is 26.3 Å². The Morgan fingerprint density at radius 2 is 1.24 bits per heavy atom. The molecule has 3 aliphatic rings. The van der Waals surface area contributed by atoms with Gasteiger partial charge in [0.2, 0.25) is 0 Å². The first-order chi connectivity index (χ1) is 21.9. The maximum atomic E-state index is 15.1. The maximum absolute atomic E-state index is 15.1. The lowest BCUT2D eigenvalue weighted by Gasteiger charge is -2.40. The number of ether oxygens (including phenoxy) is 3. The average molecular weight is 669 g/mol. The molecule has 3 saturated carbocycles. The van der Waals surface area contributed by atoms with Crippen molar-refractivity contribution in [2.45, 2.75) is 141 Å². The van der Waals surface area contributed by atoms with Gasteiger partial charge in [0.15, 0.2) is 23.6 Å². The number of hydrogen-bond donors (Lipinski definition) is 0. The lowest BCUT2D eigenvalue weighted by atomic mass is 9.70. The Balaban J connectivity index is 1.17. The van der Waals surface area contributed by atoms with E-state index in [-0.39, 0.29) is 30.9 Å². The fraction of sp³-hybridized carbons (Fsp3) is 0.771. The Bertz CT molecular complexity index is 1080. The zero-order valence-electron chi connectivity index (χ0n) is 26.7. The normalized spacial score (nSPS) is 27.7. The van der Waals surface area contributed by atoms with Gasteiger partial charge in [0, 0.05) is 12.1 Å². The highest BCUT2D eigenvalue weighted by atomic mass is 19.3. The number of benzene rings is 1. The molecule has 0 saturated heterocycles. The minimum Gasteiger partial charge on any atom is -0.453 e. The van der Waals surface area contributed by atoms with Crippen molar-refractivity contribution in [3.8, 4) is 11.5 Å². The van der Waals surface area contributed by atoms with Crippen molar-refractivity contribution >= 4 is 0 Å². The molecule has 1 aromatic rings. The summed E-state index contributed by atoms with van der Waals surface area (Å²) in [5.74, 6) is -5.79. The van der Waals surface area contributed by atoms with Crippen molar-refractivity contribution in [3.05, 3.63) is 36.1 Å². The first-order valence-corrected chi connectivity index (χ1v) is 17.2. The molecule has 3 aliphatic carbocycles. The summed E-state index contributed by atoms with van der Waals surface area (Å²) >= 11 is 0. The highest BCUT2D eigenvalue weighted by Crippen LogP contribution is 2.47. The molecule has 3 fully saturated rings. The Labute approximate surface area is 267 Å². The lowest BCUT2D eigenvalue weighted by Crippen LogP contribution is -2.40. The smallest absolute Gasteiger partial charge is 0.400 e. The molecule has 3 nitrogen and oxygen atoms in total. The number of halogens is 8. The fourth-order valence-corrected chi connectivity index (χ4v) is 7.80. The minimum absolute atomic E-state index is 0.139. The monoisotopic (exact) mass is 668 g/mol. The largest absolute Gasteiger partial charge is 0.453 e. The van der Waals surface area contributed by atoms with Crippen LogP contribution in [0.25, 0.3) is 0 Å². The van der Waals surface area contributed by atoms with Crippen LogP contribution in [0.3, 0.4) is 0 Å². The standard InChI is InChI=1S/C35H48F8O3/c1-2-3-4-5-6-7-23-8-14-26(15-9-23)34(40,41)45-28-18-12-25(13-19-28)24-10-16-27(17-11-24)35(42,43)46-29-20-30(36)33(31(37)21-29)44-22-32(38)39/h20-28H,2-19H2,1H3. The molecule has 262 valence electrons. The highest BCUT2D eigenvalue weighted by Gasteiger charge is 2.47. The fourth-order valence-electron chi connectivity index (χ4n) is 7.80. The third-order valence-corrected chi connectivity index (χ3v) is 10.5. The topological polar surface area (TPSA) is 27.7 Å². The third-order valence-electron chi connectivity index (χ3n) is 10.5. The van der Waals surface area contributed by atoms with Gasteiger partial charge in [0.1, 0.15) is 5.75 Å². The van der Waals surface area contributed by atoms with Crippen molar-refractivity contribution in [3.63, 3.8) is 0 Å². The van der Waals surface area contributed by atoms with Crippen LogP contribution in [0.15, 0.2) is 24.5 Å². The molecule has 0 unspecified atom stereocenters. The molecule has 0 radical (unpaired) electrons. The Hall–Kier alpha value is -2.04. The average Bonchev–Trinajstić information content (AvgIpc) is 3.01. The van der Waals surface area contributed by atoms with E-state index in [2.05, 4.69) is 11.7 Å². The first kappa shape index (κ1) is 36.8. The highest BCUT2D eigenvalue weighted by molar-refractivity contribution is 5.35. The number of alkyl halides is 4. The number of rotatable bonds is 15. The maximum Gasteiger partial charge on any atom is 0.400 e. The van der Waals surface area contributed by atoms with Crippen LogP contribution in [0.1, 0.15) is 122 Å². The van der Waals surface area contributed by atoms with Crippen LogP contribution in [0.2, 0.25) is 0 Å². The molecular formula is C35H48F8O3. The summed E-state index contributed by atoms with van der Waals surface area (Å²) in [6.07, 6.45) is 3.89. The van der Waals surface area contributed by atoms with Crippen molar-refractivity contribution in [2.24, 2.45) is 29.6 Å². The van der Waals surface area contributed by atoms with Gasteiger partial charge in [-0.05, 0) is 94.8 Å². The van der Waals surface area contributed by atoms with Crippen LogP contribution in [-0.2, 0) is 4.74 Å². The van der Waals surface area contributed by atoms with Crippen molar-refractivity contribution < 1.29 is 49.3 Å². The summed E-state index contributed by atoms with van der Waals surface area (Å²) in [5.41, 5.74) is 0. The predicted molar refractivity (Wildman–Crippen MR) is 159 cm³/mol. The van der Waals surface area contributed by atoms with E-state index in [1.165, 1.54) is 32.1 Å². The van der Waals surface area contributed by atoms with E-state index in [9.17, 15) is 26.3 Å². The van der Waals surface area contributed by atoms with E-state index in [0.29, 0.717) is 69.4 Å². The Morgan fingerprint density at radius 1 is 0.717 bits per heavy atom. The third kappa shape index (κ3) is 10.5. The van der Waals surface area contributed by atoms with E-state index >= 15 is 8.78 Å². The van der Waals surface area contributed by atoms with Crippen molar-refractivity contribution in [1.82, 2.24) is 0 Å². The molecule has 0 atom stereocenters. The van der Waals surface area contributed by atoms with Crippen LogP contribution < -0.4 is 9.47 Å². The number of hydrogen-bond acceptors (Lipinski definition) is 3. The summed E-state index contributed by atoms with van der Waals surface area (Å²) in [4.78, 5) is 0. The Morgan fingerprint density at radius 3 is 1.80 bits per heavy atom. The molecular weight excluding hydrogens is 620 g/mol. The van der Waals surface area contributed by atoms with Gasteiger partial charge in [0.25, 0.3) is 0 Å². The van der Waals surface area contributed by atoms with Gasteiger partial charge in [-0.1, -0.05) is 45.4 Å². The van der Waals surface area contributed by atoms with Gasteiger partial charge in [-0.25, -0.2) is 8.78 Å². The van der Waals surface area contributed by atoms with Gasteiger partial charge in [-0.3, -0.25) is 0 Å². The predicted octanol–water partition coefficient (Wildman–Crippen LogP) is 12.2. The van der Waals surface area contributed by atoms with Gasteiger partial charge in [-0.15, -0.1) is 0 Å². The number of unbranched alkanes of at least 4 members (excludes halogenated alkanes) is 4. The summed E-state index contributed by atoms with van der Waals surface area (Å²) in [7, 11) is 0. The van der Waals surface area contributed by atoms with E-state index in [4.69, 9.17) is 9.47 Å². The van der Waals surface area contributed by atoms with Gasteiger partial charge in [0.05, 0.1) is 17.9 Å². The molecule has 0 amide bonds. The molecule has 1 aromatic carbocycles. The lowest BCUT2D eigenvalue weighted by molar-refractivity contribution is -0.302. The summed E-state index contributed by atoms with van der Waals surface area (Å²) < 4.78 is 127. The molecule has 46 heavy (non-hydrogen) atoms. The first-order valence-electron chi connectivity index (χ1n) is 17.2. The molecule has 0 aromatic heterocycles. The van der Waals surface area contributed by atoms with Crippen LogP contribution in [-0.4, -0.2) is 18.3 Å². The summed E-state index contributed by atoms with van der Waals surface area (Å²) in [6, 6.07) is 0.931. The van der Waals surface area contributed by atoms with Gasteiger partial charge >= 0.3 is 18.3 Å². The molecule has 4 rings (SSSR count). The van der Waals surface area contributed by atoms with E-state index in [1.807, 2.05) is 0 Å². The van der Waals surface area contributed by atoms with Crippen LogP contribution in [0.4, 0.5) is 35.1 Å². The zero-order chi connectivity index (χ0) is 33.3. The van der Waals surface area contributed by atoms with Crippen LogP contribution in [0, 0.1) is 41.2 Å². The molecule has 0 N–H and O–H groups in total. The molecule has 11 heteroatoms. The molecule has 0 heterocycles. The van der Waals surface area contributed by atoms with Crippen LogP contribution in [0.5, 0.6) is 11.5 Å². The quantitative estimate of drug-likeness (QED) is 0.106. The van der Waals surface area contributed by atoms with E-state index < -0.39 is 59.4 Å².